The molecule has 0 saturated heterocycles. The van der Waals surface area contributed by atoms with Crippen molar-refractivity contribution in [2.24, 2.45) is 5.92 Å². The van der Waals surface area contributed by atoms with Gasteiger partial charge in [-0.05, 0) is 38.3 Å². The predicted molar refractivity (Wildman–Crippen MR) is 75.5 cm³/mol. The first-order valence-electron chi connectivity index (χ1n) is 7.26. The summed E-state index contributed by atoms with van der Waals surface area (Å²) < 4.78 is 19.6. The number of hydrogen-bond acceptors (Lipinski definition) is 2. The van der Waals surface area contributed by atoms with Crippen molar-refractivity contribution in [2.75, 3.05) is 7.05 Å². The Labute approximate surface area is 115 Å². The molecule has 2 nitrogen and oxygen atoms in total. The molecular formula is C16H24FNO. The van der Waals surface area contributed by atoms with Crippen molar-refractivity contribution in [3.8, 4) is 0 Å². The summed E-state index contributed by atoms with van der Waals surface area (Å²) in [6.45, 7) is 2.60. The summed E-state index contributed by atoms with van der Waals surface area (Å²) in [5.74, 6) is 0.571. The molecule has 1 fully saturated rings. The Morgan fingerprint density at radius 3 is 2.79 bits per heavy atom. The maximum atomic E-state index is 13.6. The highest BCUT2D eigenvalue weighted by molar-refractivity contribution is 5.16. The molecule has 1 aromatic rings. The Hall–Kier alpha value is -0.930. The minimum absolute atomic E-state index is 0.175. The third kappa shape index (κ3) is 3.77. The molecule has 3 heteroatoms. The molecule has 0 spiro atoms. The fourth-order valence-corrected chi connectivity index (χ4v) is 2.91. The average molecular weight is 265 g/mol. The average Bonchev–Trinajstić information content (AvgIpc) is 2.46. The molecule has 1 aromatic carbocycles. The van der Waals surface area contributed by atoms with Crippen molar-refractivity contribution in [3.05, 3.63) is 35.6 Å². The molecule has 0 heterocycles. The van der Waals surface area contributed by atoms with E-state index >= 15 is 0 Å². The largest absolute Gasteiger partial charge is 0.372 e. The topological polar surface area (TPSA) is 21.3 Å². The van der Waals surface area contributed by atoms with Gasteiger partial charge in [0.15, 0.2) is 0 Å². The molecule has 0 amide bonds. The summed E-state index contributed by atoms with van der Waals surface area (Å²) in [7, 11) is 1.98. The molecule has 0 aromatic heterocycles. The molecule has 0 aliphatic heterocycles. The minimum Gasteiger partial charge on any atom is -0.372 e. The molecule has 1 aliphatic rings. The first-order chi connectivity index (χ1) is 9.24. The van der Waals surface area contributed by atoms with Gasteiger partial charge in [-0.3, -0.25) is 0 Å². The van der Waals surface area contributed by atoms with Crippen molar-refractivity contribution >= 4 is 0 Å². The fourth-order valence-electron chi connectivity index (χ4n) is 2.91. The van der Waals surface area contributed by atoms with Crippen molar-refractivity contribution < 1.29 is 9.13 Å². The van der Waals surface area contributed by atoms with Crippen LogP contribution in [0.2, 0.25) is 0 Å². The summed E-state index contributed by atoms with van der Waals surface area (Å²) in [6.07, 6.45) is 4.90. The molecule has 2 rings (SSSR count). The van der Waals surface area contributed by atoms with E-state index in [0.717, 1.165) is 18.8 Å². The summed E-state index contributed by atoms with van der Waals surface area (Å²) in [5.41, 5.74) is 0.649. The van der Waals surface area contributed by atoms with Gasteiger partial charge < -0.3 is 10.1 Å². The van der Waals surface area contributed by atoms with Crippen LogP contribution < -0.4 is 5.32 Å². The van der Waals surface area contributed by atoms with Crippen molar-refractivity contribution in [1.29, 1.82) is 0 Å². The molecule has 0 bridgehead atoms. The van der Waals surface area contributed by atoms with Gasteiger partial charge in [0.1, 0.15) is 5.82 Å². The second-order valence-corrected chi connectivity index (χ2v) is 5.42. The van der Waals surface area contributed by atoms with Crippen LogP contribution in [0.5, 0.6) is 0 Å². The van der Waals surface area contributed by atoms with Gasteiger partial charge in [0.25, 0.3) is 0 Å². The summed E-state index contributed by atoms with van der Waals surface area (Å²) in [5, 5.41) is 3.33. The molecule has 1 aliphatic carbocycles. The Bertz CT molecular complexity index is 396. The van der Waals surface area contributed by atoms with E-state index in [0.29, 0.717) is 18.2 Å². The molecule has 0 radical (unpaired) electrons. The molecule has 3 unspecified atom stereocenters. The zero-order valence-electron chi connectivity index (χ0n) is 11.9. The Kier molecular flexibility index (Phi) is 5.34. The number of halogens is 1. The van der Waals surface area contributed by atoms with Crippen LogP contribution >= 0.6 is 0 Å². The number of hydrogen-bond donors (Lipinski definition) is 1. The van der Waals surface area contributed by atoms with Gasteiger partial charge >= 0.3 is 0 Å². The van der Waals surface area contributed by atoms with Crippen LogP contribution in [0.4, 0.5) is 4.39 Å². The van der Waals surface area contributed by atoms with Crippen LogP contribution in [0.3, 0.4) is 0 Å². The lowest BCUT2D eigenvalue weighted by molar-refractivity contribution is -0.0195. The summed E-state index contributed by atoms with van der Waals surface area (Å²) in [4.78, 5) is 0. The molecule has 3 atom stereocenters. The third-order valence-corrected chi connectivity index (χ3v) is 4.26. The van der Waals surface area contributed by atoms with Gasteiger partial charge in [-0.1, -0.05) is 31.5 Å². The van der Waals surface area contributed by atoms with Crippen molar-refractivity contribution in [3.63, 3.8) is 0 Å². The first kappa shape index (κ1) is 14.5. The predicted octanol–water partition coefficient (Wildman–Crippen LogP) is 3.51. The van der Waals surface area contributed by atoms with Gasteiger partial charge in [-0.2, -0.15) is 0 Å². The van der Waals surface area contributed by atoms with Crippen LogP contribution in [0.15, 0.2) is 24.3 Å². The third-order valence-electron chi connectivity index (χ3n) is 4.26. The highest BCUT2D eigenvalue weighted by atomic mass is 19.1. The molecule has 19 heavy (non-hydrogen) atoms. The SMILES string of the molecule is CCC1CCC(NC)C(OCc2ccccc2F)C1. The smallest absolute Gasteiger partial charge is 0.128 e. The number of benzene rings is 1. The molecular weight excluding hydrogens is 241 g/mol. The Balaban J connectivity index is 1.94. The van der Waals surface area contributed by atoms with Gasteiger partial charge in [0, 0.05) is 11.6 Å². The Morgan fingerprint density at radius 1 is 1.32 bits per heavy atom. The fraction of sp³-hybridized carbons (Fsp3) is 0.625. The maximum Gasteiger partial charge on any atom is 0.128 e. The monoisotopic (exact) mass is 265 g/mol. The molecule has 1 saturated carbocycles. The summed E-state index contributed by atoms with van der Waals surface area (Å²) >= 11 is 0. The lowest BCUT2D eigenvalue weighted by Crippen LogP contribution is -2.43. The van der Waals surface area contributed by atoms with E-state index in [1.165, 1.54) is 18.9 Å². The second kappa shape index (κ2) is 7.01. The highest BCUT2D eigenvalue weighted by Gasteiger charge is 2.29. The van der Waals surface area contributed by atoms with Crippen LogP contribution in [0.25, 0.3) is 0 Å². The van der Waals surface area contributed by atoms with E-state index in [-0.39, 0.29) is 11.9 Å². The van der Waals surface area contributed by atoms with Gasteiger partial charge in [-0.25, -0.2) is 4.39 Å². The van der Waals surface area contributed by atoms with E-state index in [2.05, 4.69) is 12.2 Å². The Morgan fingerprint density at radius 2 is 2.11 bits per heavy atom. The standard InChI is InChI=1S/C16H24FNO/c1-3-12-8-9-15(18-2)16(10-12)19-11-13-6-4-5-7-14(13)17/h4-7,12,15-16,18H,3,8-11H2,1-2H3. The first-order valence-corrected chi connectivity index (χ1v) is 7.26. The quantitative estimate of drug-likeness (QED) is 0.879. The van der Waals surface area contributed by atoms with Crippen molar-refractivity contribution in [2.45, 2.75) is 51.4 Å². The van der Waals surface area contributed by atoms with Gasteiger partial charge in [0.2, 0.25) is 0 Å². The van der Waals surface area contributed by atoms with Crippen molar-refractivity contribution in [1.82, 2.24) is 5.32 Å². The maximum absolute atomic E-state index is 13.6. The lowest BCUT2D eigenvalue weighted by Gasteiger charge is -2.35. The highest BCUT2D eigenvalue weighted by Crippen LogP contribution is 2.29. The van der Waals surface area contributed by atoms with E-state index < -0.39 is 0 Å². The number of ether oxygens (including phenoxy) is 1. The normalized spacial score (nSPS) is 27.4. The number of nitrogens with one attached hydrogen (secondary N) is 1. The van der Waals surface area contributed by atoms with Crippen LogP contribution in [-0.4, -0.2) is 19.2 Å². The zero-order chi connectivity index (χ0) is 13.7. The van der Waals surface area contributed by atoms with Crippen LogP contribution in [-0.2, 0) is 11.3 Å². The van der Waals surface area contributed by atoms with Crippen LogP contribution in [0, 0.1) is 11.7 Å². The zero-order valence-corrected chi connectivity index (χ0v) is 11.9. The summed E-state index contributed by atoms with van der Waals surface area (Å²) in [6, 6.07) is 7.25. The minimum atomic E-state index is -0.175. The van der Waals surface area contributed by atoms with Gasteiger partial charge in [0.05, 0.1) is 12.7 Å². The van der Waals surface area contributed by atoms with E-state index in [1.807, 2.05) is 13.1 Å². The number of rotatable bonds is 5. The molecule has 106 valence electrons. The number of likely N-dealkylation sites (N-methyl/N-ethyl adjacent to an activating group) is 1. The second-order valence-electron chi connectivity index (χ2n) is 5.42. The molecule has 1 N–H and O–H groups in total. The van der Waals surface area contributed by atoms with Gasteiger partial charge in [-0.15, -0.1) is 0 Å². The van der Waals surface area contributed by atoms with Crippen LogP contribution in [0.1, 0.15) is 38.2 Å². The van der Waals surface area contributed by atoms with E-state index in [9.17, 15) is 4.39 Å². The van der Waals surface area contributed by atoms with E-state index in [1.54, 1.807) is 12.1 Å². The van der Waals surface area contributed by atoms with E-state index in [4.69, 9.17) is 4.74 Å². The lowest BCUT2D eigenvalue weighted by atomic mass is 9.82.